The molecule has 24 heavy (non-hydrogen) atoms. The molecular weight excluding hydrogens is 310 g/mol. The zero-order valence-electron chi connectivity index (χ0n) is 13.5. The largest absolute Gasteiger partial charge is 0.469 e. The highest BCUT2D eigenvalue weighted by Gasteiger charge is 2.28. The van der Waals surface area contributed by atoms with E-state index in [1.807, 2.05) is 12.1 Å². The fraction of sp³-hybridized carbons (Fsp3) is 0.412. The van der Waals surface area contributed by atoms with Crippen LogP contribution in [0.4, 0.5) is 0 Å². The molecule has 0 aliphatic carbocycles. The van der Waals surface area contributed by atoms with Crippen LogP contribution in [0.1, 0.15) is 12.8 Å². The Balaban J connectivity index is 1.74. The van der Waals surface area contributed by atoms with Gasteiger partial charge in [-0.05, 0) is 25.0 Å². The standard InChI is InChI=1S/C17H19N3O4/c1-24-17(23)12-6-8-19(9-7-12)16(22)11-20-14-5-3-2-4-13(14)18-10-15(20)21/h2-5,10,12H,6-9,11H2,1H3. The topological polar surface area (TPSA) is 81.5 Å². The van der Waals surface area contributed by atoms with E-state index in [0.717, 1.165) is 0 Å². The smallest absolute Gasteiger partial charge is 0.308 e. The van der Waals surface area contributed by atoms with E-state index in [2.05, 4.69) is 4.98 Å². The molecule has 1 saturated heterocycles. The summed E-state index contributed by atoms with van der Waals surface area (Å²) >= 11 is 0. The number of hydrogen-bond donors (Lipinski definition) is 0. The van der Waals surface area contributed by atoms with Gasteiger partial charge in [0.05, 0.1) is 30.3 Å². The quantitative estimate of drug-likeness (QED) is 0.778. The maximum Gasteiger partial charge on any atom is 0.308 e. The molecule has 0 radical (unpaired) electrons. The van der Waals surface area contributed by atoms with Crippen LogP contribution in [0, 0.1) is 5.92 Å². The zero-order valence-corrected chi connectivity index (χ0v) is 13.5. The highest BCUT2D eigenvalue weighted by Crippen LogP contribution is 2.19. The molecule has 126 valence electrons. The Morgan fingerprint density at radius 1 is 1.25 bits per heavy atom. The predicted octanol–water partition coefficient (Wildman–Crippen LogP) is 0.808. The normalized spacial score (nSPS) is 15.5. The number of methoxy groups -OCH3 is 1. The molecule has 0 bridgehead atoms. The summed E-state index contributed by atoms with van der Waals surface area (Å²) in [5.74, 6) is -0.501. The Kier molecular flexibility index (Phi) is 4.59. The molecule has 1 fully saturated rings. The Morgan fingerprint density at radius 3 is 2.67 bits per heavy atom. The van der Waals surface area contributed by atoms with Crippen molar-refractivity contribution in [3.63, 3.8) is 0 Å². The van der Waals surface area contributed by atoms with E-state index < -0.39 is 0 Å². The fourth-order valence-corrected chi connectivity index (χ4v) is 3.04. The van der Waals surface area contributed by atoms with E-state index in [9.17, 15) is 14.4 Å². The molecular formula is C17H19N3O4. The van der Waals surface area contributed by atoms with Crippen molar-refractivity contribution in [1.29, 1.82) is 0 Å². The van der Waals surface area contributed by atoms with Crippen molar-refractivity contribution in [2.24, 2.45) is 5.92 Å². The number of likely N-dealkylation sites (tertiary alicyclic amines) is 1. The molecule has 0 N–H and O–H groups in total. The maximum atomic E-state index is 12.5. The van der Waals surface area contributed by atoms with Crippen LogP contribution in [0.5, 0.6) is 0 Å². The van der Waals surface area contributed by atoms with E-state index in [0.29, 0.717) is 37.0 Å². The summed E-state index contributed by atoms with van der Waals surface area (Å²) < 4.78 is 6.19. The summed E-state index contributed by atoms with van der Waals surface area (Å²) in [6.45, 7) is 0.970. The zero-order chi connectivity index (χ0) is 17.1. The third-order valence-electron chi connectivity index (χ3n) is 4.43. The third-order valence-corrected chi connectivity index (χ3v) is 4.43. The number of para-hydroxylation sites is 2. The maximum absolute atomic E-state index is 12.5. The number of carbonyl (C=O) groups excluding carboxylic acids is 2. The number of benzene rings is 1. The molecule has 0 atom stereocenters. The summed E-state index contributed by atoms with van der Waals surface area (Å²) in [5, 5.41) is 0. The van der Waals surface area contributed by atoms with Crippen molar-refractivity contribution in [2.75, 3.05) is 20.2 Å². The SMILES string of the molecule is COC(=O)C1CCN(C(=O)Cn2c(=O)cnc3ccccc32)CC1. The number of amides is 1. The molecule has 1 amide bonds. The first-order chi connectivity index (χ1) is 11.6. The van der Waals surface area contributed by atoms with Gasteiger partial charge >= 0.3 is 5.97 Å². The Bertz CT molecular complexity index is 822. The molecule has 7 nitrogen and oxygen atoms in total. The van der Waals surface area contributed by atoms with Crippen molar-refractivity contribution < 1.29 is 14.3 Å². The van der Waals surface area contributed by atoms with Gasteiger partial charge in [0, 0.05) is 13.1 Å². The van der Waals surface area contributed by atoms with Crippen LogP contribution >= 0.6 is 0 Å². The van der Waals surface area contributed by atoms with E-state index in [1.165, 1.54) is 17.9 Å². The van der Waals surface area contributed by atoms with Gasteiger partial charge in [0.1, 0.15) is 6.54 Å². The van der Waals surface area contributed by atoms with Crippen molar-refractivity contribution in [1.82, 2.24) is 14.5 Å². The van der Waals surface area contributed by atoms with E-state index in [1.54, 1.807) is 17.0 Å². The predicted molar refractivity (Wildman–Crippen MR) is 87.3 cm³/mol. The number of esters is 1. The molecule has 0 saturated carbocycles. The minimum absolute atomic E-state index is 0.0231. The number of fused-ring (bicyclic) bond motifs is 1. The Morgan fingerprint density at radius 2 is 1.96 bits per heavy atom. The van der Waals surface area contributed by atoms with Gasteiger partial charge in [-0.3, -0.25) is 19.0 Å². The lowest BCUT2D eigenvalue weighted by Crippen LogP contribution is -2.43. The van der Waals surface area contributed by atoms with Crippen LogP contribution in [0.15, 0.2) is 35.3 Å². The van der Waals surface area contributed by atoms with Gasteiger partial charge in [0.15, 0.2) is 0 Å². The van der Waals surface area contributed by atoms with Crippen LogP contribution < -0.4 is 5.56 Å². The van der Waals surface area contributed by atoms with Gasteiger partial charge in [-0.2, -0.15) is 0 Å². The monoisotopic (exact) mass is 329 g/mol. The van der Waals surface area contributed by atoms with Crippen LogP contribution in [-0.2, 0) is 20.9 Å². The molecule has 0 spiro atoms. The van der Waals surface area contributed by atoms with Gasteiger partial charge in [-0.1, -0.05) is 12.1 Å². The molecule has 2 aromatic rings. The van der Waals surface area contributed by atoms with E-state index in [4.69, 9.17) is 4.74 Å². The van der Waals surface area contributed by atoms with Gasteiger partial charge in [0.2, 0.25) is 5.91 Å². The second kappa shape index (κ2) is 6.82. The average molecular weight is 329 g/mol. The minimum Gasteiger partial charge on any atom is -0.469 e. The minimum atomic E-state index is -0.300. The van der Waals surface area contributed by atoms with Gasteiger partial charge in [0.25, 0.3) is 5.56 Å². The molecule has 1 aromatic carbocycles. The molecule has 2 heterocycles. The van der Waals surface area contributed by atoms with Crippen molar-refractivity contribution >= 4 is 22.9 Å². The Hall–Kier alpha value is -2.70. The lowest BCUT2D eigenvalue weighted by molar-refractivity contribution is -0.149. The van der Waals surface area contributed by atoms with Gasteiger partial charge < -0.3 is 9.64 Å². The van der Waals surface area contributed by atoms with Crippen LogP contribution in [-0.4, -0.2) is 46.5 Å². The summed E-state index contributed by atoms with van der Waals surface area (Å²) in [5.41, 5.74) is 1.02. The van der Waals surface area contributed by atoms with Gasteiger partial charge in [-0.25, -0.2) is 4.98 Å². The van der Waals surface area contributed by atoms with E-state index >= 15 is 0 Å². The molecule has 7 heteroatoms. The summed E-state index contributed by atoms with van der Waals surface area (Å²) in [6, 6.07) is 7.23. The first-order valence-electron chi connectivity index (χ1n) is 7.90. The average Bonchev–Trinajstić information content (AvgIpc) is 2.63. The van der Waals surface area contributed by atoms with Crippen LogP contribution in [0.3, 0.4) is 0 Å². The second-order valence-electron chi connectivity index (χ2n) is 5.85. The number of carbonyl (C=O) groups is 2. The lowest BCUT2D eigenvalue weighted by Gasteiger charge is -2.31. The number of piperidine rings is 1. The number of ether oxygens (including phenoxy) is 1. The molecule has 1 aliphatic rings. The lowest BCUT2D eigenvalue weighted by atomic mass is 9.97. The van der Waals surface area contributed by atoms with Crippen LogP contribution in [0.2, 0.25) is 0 Å². The van der Waals surface area contributed by atoms with Crippen molar-refractivity contribution in [3.05, 3.63) is 40.8 Å². The first-order valence-corrected chi connectivity index (χ1v) is 7.90. The number of aromatic nitrogens is 2. The van der Waals surface area contributed by atoms with Crippen molar-refractivity contribution in [3.8, 4) is 0 Å². The number of hydrogen-bond acceptors (Lipinski definition) is 5. The number of nitrogens with zero attached hydrogens (tertiary/aromatic N) is 3. The van der Waals surface area contributed by atoms with Crippen LogP contribution in [0.25, 0.3) is 11.0 Å². The molecule has 0 unspecified atom stereocenters. The highest BCUT2D eigenvalue weighted by molar-refractivity contribution is 5.80. The highest BCUT2D eigenvalue weighted by atomic mass is 16.5. The molecule has 3 rings (SSSR count). The summed E-state index contributed by atoms with van der Waals surface area (Å²) in [7, 11) is 1.38. The van der Waals surface area contributed by atoms with Crippen molar-refractivity contribution in [2.45, 2.75) is 19.4 Å². The molecule has 1 aliphatic heterocycles. The number of rotatable bonds is 3. The third kappa shape index (κ3) is 3.15. The fourth-order valence-electron chi connectivity index (χ4n) is 3.04. The van der Waals surface area contributed by atoms with E-state index in [-0.39, 0.29) is 29.9 Å². The summed E-state index contributed by atoms with van der Waals surface area (Å²) in [4.78, 5) is 42.0. The second-order valence-corrected chi connectivity index (χ2v) is 5.85. The first kappa shape index (κ1) is 16.2. The Labute approximate surface area is 138 Å². The van der Waals surface area contributed by atoms with Gasteiger partial charge in [-0.15, -0.1) is 0 Å². The molecule has 1 aromatic heterocycles. The summed E-state index contributed by atoms with van der Waals surface area (Å²) in [6.07, 6.45) is 2.41.